The van der Waals surface area contributed by atoms with E-state index in [9.17, 15) is 18.0 Å². The van der Waals surface area contributed by atoms with Gasteiger partial charge in [0.15, 0.2) is 12.0 Å². The standard InChI is InChI=1S/C18H15F3N2O4/c1-2-25-17(24)14-11(8-22)7-13(15-16(14)26-9-23-15)10-3-5-12(6-4-10)27-18(19,20)21/h3-7,9H,2,8,22H2,1H3. The molecule has 2 aromatic carbocycles. The van der Waals surface area contributed by atoms with E-state index in [0.29, 0.717) is 22.2 Å². The lowest BCUT2D eigenvalue weighted by Crippen LogP contribution is -2.16. The maximum absolute atomic E-state index is 12.3. The predicted molar refractivity (Wildman–Crippen MR) is 90.0 cm³/mol. The highest BCUT2D eigenvalue weighted by atomic mass is 19.4. The second-order valence-electron chi connectivity index (χ2n) is 5.49. The summed E-state index contributed by atoms with van der Waals surface area (Å²) in [6.45, 7) is 1.89. The number of alkyl halides is 3. The lowest BCUT2D eigenvalue weighted by molar-refractivity contribution is -0.274. The molecule has 142 valence electrons. The van der Waals surface area contributed by atoms with Gasteiger partial charge in [0.05, 0.1) is 6.61 Å². The van der Waals surface area contributed by atoms with Gasteiger partial charge in [-0.3, -0.25) is 0 Å². The third kappa shape index (κ3) is 3.87. The van der Waals surface area contributed by atoms with Gasteiger partial charge in [0, 0.05) is 12.1 Å². The van der Waals surface area contributed by atoms with Crippen LogP contribution in [-0.4, -0.2) is 23.9 Å². The van der Waals surface area contributed by atoms with Crippen molar-refractivity contribution in [1.82, 2.24) is 4.98 Å². The van der Waals surface area contributed by atoms with Crippen molar-refractivity contribution in [3.8, 4) is 16.9 Å². The van der Waals surface area contributed by atoms with Crippen molar-refractivity contribution in [3.63, 3.8) is 0 Å². The van der Waals surface area contributed by atoms with Gasteiger partial charge in [-0.05, 0) is 36.2 Å². The molecule has 0 aliphatic rings. The van der Waals surface area contributed by atoms with Crippen LogP contribution in [0, 0.1) is 0 Å². The molecule has 0 bridgehead atoms. The second kappa shape index (κ2) is 7.28. The summed E-state index contributed by atoms with van der Waals surface area (Å²) in [6, 6.07) is 6.94. The molecule has 2 N–H and O–H groups in total. The van der Waals surface area contributed by atoms with Crippen LogP contribution >= 0.6 is 0 Å². The highest BCUT2D eigenvalue weighted by Gasteiger charge is 2.31. The first-order valence-electron chi connectivity index (χ1n) is 7.96. The van der Waals surface area contributed by atoms with Crippen molar-refractivity contribution >= 4 is 17.1 Å². The van der Waals surface area contributed by atoms with Crippen LogP contribution in [0.1, 0.15) is 22.8 Å². The van der Waals surface area contributed by atoms with E-state index in [1.807, 2.05) is 0 Å². The summed E-state index contributed by atoms with van der Waals surface area (Å²) >= 11 is 0. The van der Waals surface area contributed by atoms with Crippen LogP contribution in [0.25, 0.3) is 22.2 Å². The van der Waals surface area contributed by atoms with E-state index in [4.69, 9.17) is 14.9 Å². The number of nitrogens with zero attached hydrogens (tertiary/aromatic N) is 1. The maximum atomic E-state index is 12.3. The van der Waals surface area contributed by atoms with Gasteiger partial charge in [-0.25, -0.2) is 9.78 Å². The molecule has 0 fully saturated rings. The molecule has 3 rings (SSSR count). The minimum Gasteiger partial charge on any atom is -0.462 e. The van der Waals surface area contributed by atoms with E-state index < -0.39 is 12.3 Å². The minimum absolute atomic E-state index is 0.0348. The molecular weight excluding hydrogens is 365 g/mol. The molecular formula is C18H15F3N2O4. The van der Waals surface area contributed by atoms with Crippen molar-refractivity contribution in [1.29, 1.82) is 0 Å². The Hall–Kier alpha value is -3.07. The number of oxazole rings is 1. The zero-order valence-corrected chi connectivity index (χ0v) is 14.2. The summed E-state index contributed by atoms with van der Waals surface area (Å²) in [5.41, 5.74) is 8.14. The number of halogens is 3. The van der Waals surface area contributed by atoms with Gasteiger partial charge in [0.25, 0.3) is 0 Å². The molecule has 9 heteroatoms. The first kappa shape index (κ1) is 18.7. The molecule has 1 aromatic heterocycles. The molecule has 1 heterocycles. The molecule has 0 saturated carbocycles. The fourth-order valence-corrected chi connectivity index (χ4v) is 2.72. The van der Waals surface area contributed by atoms with Crippen molar-refractivity contribution in [2.24, 2.45) is 5.73 Å². The number of benzene rings is 2. The zero-order chi connectivity index (χ0) is 19.6. The zero-order valence-electron chi connectivity index (χ0n) is 14.2. The summed E-state index contributed by atoms with van der Waals surface area (Å²) in [6.07, 6.45) is -3.59. The lowest BCUT2D eigenvalue weighted by atomic mass is 9.97. The minimum atomic E-state index is -4.77. The van der Waals surface area contributed by atoms with E-state index in [1.165, 1.54) is 30.7 Å². The molecule has 0 aliphatic carbocycles. The topological polar surface area (TPSA) is 87.6 Å². The van der Waals surface area contributed by atoms with Gasteiger partial charge >= 0.3 is 12.3 Å². The van der Waals surface area contributed by atoms with Crippen LogP contribution in [0.3, 0.4) is 0 Å². The summed E-state index contributed by atoms with van der Waals surface area (Å²) < 4.78 is 51.2. The van der Waals surface area contributed by atoms with Crippen LogP contribution in [0.4, 0.5) is 13.2 Å². The molecule has 0 atom stereocenters. The number of ether oxygens (including phenoxy) is 2. The number of aromatic nitrogens is 1. The summed E-state index contributed by atoms with van der Waals surface area (Å²) in [5, 5.41) is 0. The van der Waals surface area contributed by atoms with Crippen LogP contribution in [0.2, 0.25) is 0 Å². The fraction of sp³-hybridized carbons (Fsp3) is 0.222. The van der Waals surface area contributed by atoms with Gasteiger partial charge in [-0.1, -0.05) is 12.1 Å². The summed E-state index contributed by atoms with van der Waals surface area (Å²) in [4.78, 5) is 16.4. The highest BCUT2D eigenvalue weighted by molar-refractivity contribution is 6.06. The quantitative estimate of drug-likeness (QED) is 0.673. The molecule has 0 spiro atoms. The van der Waals surface area contributed by atoms with Crippen LogP contribution < -0.4 is 10.5 Å². The van der Waals surface area contributed by atoms with Gasteiger partial charge in [0.2, 0.25) is 0 Å². The molecule has 6 nitrogen and oxygen atoms in total. The monoisotopic (exact) mass is 380 g/mol. The molecule has 0 saturated heterocycles. The van der Waals surface area contributed by atoms with Crippen LogP contribution in [-0.2, 0) is 11.3 Å². The van der Waals surface area contributed by atoms with E-state index >= 15 is 0 Å². The summed E-state index contributed by atoms with van der Waals surface area (Å²) in [7, 11) is 0. The Morgan fingerprint density at radius 2 is 1.96 bits per heavy atom. The van der Waals surface area contributed by atoms with Gasteiger partial charge in [-0.15, -0.1) is 13.2 Å². The van der Waals surface area contributed by atoms with E-state index in [0.717, 1.165) is 0 Å². The molecule has 0 unspecified atom stereocenters. The van der Waals surface area contributed by atoms with Gasteiger partial charge in [0.1, 0.15) is 16.8 Å². The maximum Gasteiger partial charge on any atom is 0.573 e. The SMILES string of the molecule is CCOC(=O)c1c(CN)cc(-c2ccc(OC(F)(F)F)cc2)c2ncoc12. The Morgan fingerprint density at radius 3 is 2.56 bits per heavy atom. The third-order valence-electron chi connectivity index (χ3n) is 3.79. The third-order valence-corrected chi connectivity index (χ3v) is 3.79. The molecule has 27 heavy (non-hydrogen) atoms. The number of hydrogen-bond acceptors (Lipinski definition) is 6. The first-order valence-corrected chi connectivity index (χ1v) is 7.96. The van der Waals surface area contributed by atoms with E-state index in [2.05, 4.69) is 9.72 Å². The Kier molecular flexibility index (Phi) is 5.04. The fourth-order valence-electron chi connectivity index (χ4n) is 2.72. The van der Waals surface area contributed by atoms with E-state index in [1.54, 1.807) is 13.0 Å². The van der Waals surface area contributed by atoms with Gasteiger partial charge in [-0.2, -0.15) is 0 Å². The first-order chi connectivity index (χ1) is 12.8. The summed E-state index contributed by atoms with van der Waals surface area (Å²) in [5.74, 6) is -0.926. The van der Waals surface area contributed by atoms with E-state index in [-0.39, 0.29) is 30.0 Å². The van der Waals surface area contributed by atoms with Crippen molar-refractivity contribution in [2.45, 2.75) is 19.8 Å². The smallest absolute Gasteiger partial charge is 0.462 e. The Bertz CT molecular complexity index is 965. The Morgan fingerprint density at radius 1 is 1.26 bits per heavy atom. The number of hydrogen-bond donors (Lipinski definition) is 1. The molecule has 0 radical (unpaired) electrons. The van der Waals surface area contributed by atoms with Gasteiger partial charge < -0.3 is 19.6 Å². The Labute approximate surface area is 151 Å². The largest absolute Gasteiger partial charge is 0.573 e. The Balaban J connectivity index is 2.09. The predicted octanol–water partition coefficient (Wildman–Crippen LogP) is 4.03. The van der Waals surface area contributed by atoms with Crippen LogP contribution in [0.15, 0.2) is 41.1 Å². The number of carbonyl (C=O) groups is 1. The van der Waals surface area contributed by atoms with Crippen LogP contribution in [0.5, 0.6) is 5.75 Å². The lowest BCUT2D eigenvalue weighted by Gasteiger charge is -2.12. The molecule has 0 aliphatic heterocycles. The van der Waals surface area contributed by atoms with Crippen molar-refractivity contribution in [2.75, 3.05) is 6.61 Å². The van der Waals surface area contributed by atoms with Crippen molar-refractivity contribution in [3.05, 3.63) is 47.9 Å². The molecule has 0 amide bonds. The number of rotatable bonds is 5. The number of fused-ring (bicyclic) bond motifs is 1. The number of carbonyl (C=O) groups excluding carboxylic acids is 1. The molecule has 3 aromatic rings. The highest BCUT2D eigenvalue weighted by Crippen LogP contribution is 2.34. The average Bonchev–Trinajstić information content (AvgIpc) is 3.09. The number of esters is 1. The second-order valence-corrected chi connectivity index (χ2v) is 5.49. The van der Waals surface area contributed by atoms with Crippen molar-refractivity contribution < 1.29 is 31.9 Å². The normalized spacial score (nSPS) is 11.6. The average molecular weight is 380 g/mol. The number of nitrogens with two attached hydrogens (primary N) is 1.